The molecule has 0 amide bonds. The number of carbonyl (C=O) groups excluding carboxylic acids is 2. The SMILES string of the molecule is O=CPc1ncc(-c2ccc3cc(-c4ccc5cc6c(cc5c4)CCc4[nH]c(PC=O)nc4-6)ccc3c2)[nH]1. The molecule has 1 aliphatic carbocycles. The van der Waals surface area contributed by atoms with Crippen LogP contribution in [0.5, 0.6) is 0 Å². The standard InChI is InChI=1S/C30H22N4O2P2/c35-15-37-29-31-14-27(33-29)23-6-5-18-9-17(1-2-19(18)10-23)20-3-4-21-13-25-22(12-24(21)11-20)7-8-26-28(25)34-30(32-26)38-16-36/h1-6,9-16,37-38H,7-8H2,(H,31,33)(H,32,34). The van der Waals surface area contributed by atoms with Crippen molar-refractivity contribution >= 4 is 61.9 Å². The van der Waals surface area contributed by atoms with E-state index in [0.29, 0.717) is 5.57 Å². The summed E-state index contributed by atoms with van der Waals surface area (Å²) in [7, 11) is 0.101. The largest absolute Gasteiger partial charge is 0.341 e. The summed E-state index contributed by atoms with van der Waals surface area (Å²) < 4.78 is 0. The number of fused-ring (bicyclic) bond motifs is 5. The molecular formula is C30H22N4O2P2. The highest BCUT2D eigenvalue weighted by Crippen LogP contribution is 2.36. The first-order valence-electron chi connectivity index (χ1n) is 12.3. The van der Waals surface area contributed by atoms with Gasteiger partial charge in [0.05, 0.1) is 17.6 Å². The third-order valence-electron chi connectivity index (χ3n) is 7.19. The number of imidazole rings is 2. The van der Waals surface area contributed by atoms with Gasteiger partial charge in [-0.3, -0.25) is 9.59 Å². The average molecular weight is 532 g/mol. The van der Waals surface area contributed by atoms with Gasteiger partial charge in [-0.15, -0.1) is 0 Å². The quantitative estimate of drug-likeness (QED) is 0.218. The van der Waals surface area contributed by atoms with E-state index in [0.717, 1.165) is 58.5 Å². The van der Waals surface area contributed by atoms with Crippen molar-refractivity contribution in [3.63, 3.8) is 0 Å². The molecule has 2 atom stereocenters. The topological polar surface area (TPSA) is 91.5 Å². The highest BCUT2D eigenvalue weighted by molar-refractivity contribution is 7.62. The van der Waals surface area contributed by atoms with E-state index in [1.54, 1.807) is 6.20 Å². The molecule has 2 aromatic heterocycles. The van der Waals surface area contributed by atoms with Crippen LogP contribution in [-0.2, 0) is 22.4 Å². The molecule has 1 aliphatic rings. The highest BCUT2D eigenvalue weighted by atomic mass is 31.1. The third-order valence-corrected chi connectivity index (χ3v) is 8.47. The number of carbonyl (C=O) groups is 2. The molecule has 4 aromatic carbocycles. The Hall–Kier alpha value is -3.98. The minimum absolute atomic E-state index is 0.0402. The van der Waals surface area contributed by atoms with Crippen molar-refractivity contribution in [2.24, 2.45) is 0 Å². The Labute approximate surface area is 221 Å². The highest BCUT2D eigenvalue weighted by Gasteiger charge is 2.21. The molecule has 0 spiro atoms. The molecule has 6 nitrogen and oxygen atoms in total. The average Bonchev–Trinajstić information content (AvgIpc) is 3.59. The number of hydrogen-bond donors (Lipinski definition) is 2. The van der Waals surface area contributed by atoms with E-state index in [1.807, 2.05) is 0 Å². The number of H-pyrrole nitrogens is 2. The second-order valence-corrected chi connectivity index (χ2v) is 11.4. The second-order valence-electron chi connectivity index (χ2n) is 9.43. The van der Waals surface area contributed by atoms with Crippen LogP contribution in [0.2, 0.25) is 0 Å². The Balaban J connectivity index is 1.22. The van der Waals surface area contributed by atoms with E-state index < -0.39 is 0 Å². The molecule has 184 valence electrons. The summed E-state index contributed by atoms with van der Waals surface area (Å²) >= 11 is 0. The van der Waals surface area contributed by atoms with E-state index in [-0.39, 0.29) is 17.2 Å². The fourth-order valence-corrected chi connectivity index (χ4v) is 6.31. The molecule has 0 aliphatic heterocycles. The molecule has 0 bridgehead atoms. The lowest BCUT2D eigenvalue weighted by Crippen LogP contribution is -2.03. The summed E-state index contributed by atoms with van der Waals surface area (Å²) in [5.74, 6) is 0. The zero-order valence-corrected chi connectivity index (χ0v) is 22.2. The summed E-state index contributed by atoms with van der Waals surface area (Å²) in [5.41, 5.74) is 10.4. The lowest BCUT2D eigenvalue weighted by atomic mass is 9.89. The van der Waals surface area contributed by atoms with Crippen LogP contribution in [0.25, 0.3) is 55.2 Å². The van der Waals surface area contributed by atoms with Crippen LogP contribution >= 0.6 is 17.2 Å². The van der Waals surface area contributed by atoms with E-state index in [1.165, 1.54) is 38.4 Å². The van der Waals surface area contributed by atoms with Crippen molar-refractivity contribution < 1.29 is 9.59 Å². The van der Waals surface area contributed by atoms with Crippen LogP contribution in [0.1, 0.15) is 11.3 Å². The third kappa shape index (κ3) is 4.07. The maximum absolute atomic E-state index is 11.0. The van der Waals surface area contributed by atoms with Gasteiger partial charge in [0.1, 0.15) is 23.2 Å². The molecule has 7 rings (SSSR count). The Morgan fingerprint density at radius 3 is 2.11 bits per heavy atom. The number of rotatable bonds is 6. The Morgan fingerprint density at radius 1 is 0.684 bits per heavy atom. The molecule has 2 heterocycles. The number of aromatic nitrogens is 4. The van der Waals surface area contributed by atoms with Crippen LogP contribution in [0.15, 0.2) is 72.9 Å². The maximum atomic E-state index is 11.0. The van der Waals surface area contributed by atoms with Crippen molar-refractivity contribution in [3.05, 3.63) is 84.2 Å². The van der Waals surface area contributed by atoms with Crippen LogP contribution in [-0.4, -0.2) is 32.0 Å². The minimum Gasteiger partial charge on any atom is -0.341 e. The van der Waals surface area contributed by atoms with E-state index in [2.05, 4.69) is 81.7 Å². The Bertz CT molecular complexity index is 1890. The minimum atomic E-state index is 0.0402. The lowest BCUT2D eigenvalue weighted by Gasteiger charge is -2.17. The van der Waals surface area contributed by atoms with Crippen LogP contribution in [0.4, 0.5) is 0 Å². The first-order chi connectivity index (χ1) is 18.7. The van der Waals surface area contributed by atoms with Crippen molar-refractivity contribution in [2.45, 2.75) is 12.8 Å². The molecule has 2 unspecified atom stereocenters. The number of aromatic amines is 2. The number of aryl methyl sites for hydroxylation is 2. The van der Waals surface area contributed by atoms with Gasteiger partial charge in [0.25, 0.3) is 0 Å². The van der Waals surface area contributed by atoms with Gasteiger partial charge in [0.2, 0.25) is 0 Å². The molecule has 2 N–H and O–H groups in total. The lowest BCUT2D eigenvalue weighted by molar-refractivity contribution is 0.569. The van der Waals surface area contributed by atoms with E-state index in [9.17, 15) is 9.59 Å². The molecular weight excluding hydrogens is 510 g/mol. The zero-order chi connectivity index (χ0) is 25.6. The van der Waals surface area contributed by atoms with Crippen LogP contribution in [0, 0.1) is 0 Å². The first kappa shape index (κ1) is 23.2. The summed E-state index contributed by atoms with van der Waals surface area (Å²) in [6, 6.07) is 25.9. The van der Waals surface area contributed by atoms with Crippen molar-refractivity contribution in [3.8, 4) is 33.6 Å². The summed E-state index contributed by atoms with van der Waals surface area (Å²) in [6.07, 6.45) is 3.65. The molecule has 8 heteroatoms. The van der Waals surface area contributed by atoms with Crippen LogP contribution < -0.4 is 11.1 Å². The van der Waals surface area contributed by atoms with Crippen LogP contribution in [0.3, 0.4) is 0 Å². The van der Waals surface area contributed by atoms with Gasteiger partial charge in [-0.1, -0.05) is 42.5 Å². The van der Waals surface area contributed by atoms with Gasteiger partial charge < -0.3 is 9.97 Å². The maximum Gasteiger partial charge on any atom is 0.146 e. The predicted molar refractivity (Wildman–Crippen MR) is 159 cm³/mol. The van der Waals surface area contributed by atoms with Gasteiger partial charge in [-0.25, -0.2) is 9.97 Å². The van der Waals surface area contributed by atoms with Crippen molar-refractivity contribution in [1.82, 2.24) is 19.9 Å². The van der Waals surface area contributed by atoms with E-state index >= 15 is 0 Å². The molecule has 0 saturated heterocycles. The number of hydrogen-bond acceptors (Lipinski definition) is 4. The van der Waals surface area contributed by atoms with Gasteiger partial charge in [-0.05, 0) is 75.3 Å². The number of benzene rings is 4. The fourth-order valence-electron chi connectivity index (χ4n) is 5.34. The monoisotopic (exact) mass is 532 g/mol. The van der Waals surface area contributed by atoms with Gasteiger partial charge >= 0.3 is 0 Å². The van der Waals surface area contributed by atoms with Gasteiger partial charge in [0, 0.05) is 34.0 Å². The summed E-state index contributed by atoms with van der Waals surface area (Å²) in [4.78, 5) is 37.3. The Kier molecular flexibility index (Phi) is 5.73. The number of nitrogens with zero attached hydrogens (tertiary/aromatic N) is 2. The van der Waals surface area contributed by atoms with Gasteiger partial charge in [0.15, 0.2) is 0 Å². The fraction of sp³-hybridized carbons (Fsp3) is 0.0667. The second kappa shape index (κ2) is 9.40. The molecule has 38 heavy (non-hydrogen) atoms. The molecule has 0 fully saturated rings. The smallest absolute Gasteiger partial charge is 0.146 e. The molecule has 6 aromatic rings. The van der Waals surface area contributed by atoms with Crippen molar-refractivity contribution in [1.29, 1.82) is 0 Å². The van der Waals surface area contributed by atoms with Crippen molar-refractivity contribution in [2.75, 3.05) is 0 Å². The summed E-state index contributed by atoms with van der Waals surface area (Å²) in [5, 5.41) is 4.72. The van der Waals surface area contributed by atoms with Gasteiger partial charge in [-0.2, -0.15) is 0 Å². The molecule has 0 radical (unpaired) electrons. The first-order valence-corrected chi connectivity index (χ1v) is 14.5. The normalized spacial score (nSPS) is 13.1. The Morgan fingerprint density at radius 2 is 1.34 bits per heavy atom. The zero-order valence-electron chi connectivity index (χ0n) is 20.2. The summed E-state index contributed by atoms with van der Waals surface area (Å²) in [6.45, 7) is 0. The van der Waals surface area contributed by atoms with E-state index in [4.69, 9.17) is 4.98 Å². The molecule has 0 saturated carbocycles. The number of nitrogens with one attached hydrogen (secondary N) is 2. The predicted octanol–water partition coefficient (Wildman–Crippen LogP) is 5.53.